The van der Waals surface area contributed by atoms with E-state index in [1.54, 1.807) is 7.11 Å². The minimum absolute atomic E-state index is 0.0215. The first-order chi connectivity index (χ1) is 9.08. The largest absolute Gasteiger partial charge is 0.496 e. The highest BCUT2D eigenvalue weighted by Gasteiger charge is 2.21. The van der Waals surface area contributed by atoms with Gasteiger partial charge in [-0.1, -0.05) is 6.07 Å². The third-order valence-corrected chi connectivity index (χ3v) is 3.37. The molecule has 2 aromatic rings. The van der Waals surface area contributed by atoms with E-state index in [1.165, 1.54) is 0 Å². The van der Waals surface area contributed by atoms with Crippen LogP contribution in [0.15, 0.2) is 24.4 Å². The van der Waals surface area contributed by atoms with Gasteiger partial charge in [-0.2, -0.15) is 0 Å². The second kappa shape index (κ2) is 5.32. The molecule has 5 nitrogen and oxygen atoms in total. The molecule has 1 atom stereocenters. The predicted octanol–water partition coefficient (Wildman–Crippen LogP) is 1.70. The molecular weight excluding hydrogens is 244 g/mol. The van der Waals surface area contributed by atoms with Crippen LogP contribution in [-0.2, 0) is 11.8 Å². The van der Waals surface area contributed by atoms with Crippen LogP contribution in [0.4, 0.5) is 0 Å². The van der Waals surface area contributed by atoms with E-state index in [1.807, 2.05) is 36.0 Å². The first-order valence-corrected chi connectivity index (χ1v) is 6.12. The van der Waals surface area contributed by atoms with Crippen LogP contribution >= 0.6 is 0 Å². The summed E-state index contributed by atoms with van der Waals surface area (Å²) in [6.45, 7) is 0.295. The van der Waals surface area contributed by atoms with Gasteiger partial charge in [-0.3, -0.25) is 4.79 Å². The molecular formula is C14H18N2O3. The number of aliphatic carboxylic acids is 1. The van der Waals surface area contributed by atoms with E-state index in [-0.39, 0.29) is 12.3 Å². The molecule has 19 heavy (non-hydrogen) atoms. The molecule has 0 fully saturated rings. The topological polar surface area (TPSA) is 77.5 Å². The van der Waals surface area contributed by atoms with Crippen molar-refractivity contribution < 1.29 is 14.6 Å². The SMILES string of the molecule is COc1cccc2c1c(C(CN)CC(=O)O)cn2C. The van der Waals surface area contributed by atoms with Crippen LogP contribution < -0.4 is 10.5 Å². The number of methoxy groups -OCH3 is 1. The Labute approximate surface area is 111 Å². The molecule has 0 saturated heterocycles. The second-order valence-corrected chi connectivity index (χ2v) is 4.58. The lowest BCUT2D eigenvalue weighted by atomic mass is 9.95. The highest BCUT2D eigenvalue weighted by Crippen LogP contribution is 2.35. The lowest BCUT2D eigenvalue weighted by Gasteiger charge is -2.12. The Hall–Kier alpha value is -2.01. The molecule has 5 heteroatoms. The molecule has 0 aliphatic heterocycles. The molecule has 102 valence electrons. The number of rotatable bonds is 5. The molecule has 1 unspecified atom stereocenters. The van der Waals surface area contributed by atoms with E-state index < -0.39 is 5.97 Å². The predicted molar refractivity (Wildman–Crippen MR) is 73.5 cm³/mol. The molecule has 0 aliphatic rings. The number of nitrogens with two attached hydrogens (primary N) is 1. The van der Waals surface area contributed by atoms with Crippen LogP contribution in [0, 0.1) is 0 Å². The van der Waals surface area contributed by atoms with Crippen LogP contribution in [-0.4, -0.2) is 29.3 Å². The fraction of sp³-hybridized carbons (Fsp3) is 0.357. The van der Waals surface area contributed by atoms with Crippen molar-refractivity contribution >= 4 is 16.9 Å². The van der Waals surface area contributed by atoms with Gasteiger partial charge in [-0.05, 0) is 24.2 Å². The number of benzene rings is 1. The lowest BCUT2D eigenvalue weighted by Crippen LogP contribution is -2.16. The summed E-state index contributed by atoms with van der Waals surface area (Å²) in [5, 5.41) is 9.94. The van der Waals surface area contributed by atoms with Crippen molar-refractivity contribution in [3.63, 3.8) is 0 Å². The van der Waals surface area contributed by atoms with Gasteiger partial charge in [0.1, 0.15) is 5.75 Å². The van der Waals surface area contributed by atoms with Gasteiger partial charge in [0, 0.05) is 24.5 Å². The zero-order valence-corrected chi connectivity index (χ0v) is 11.1. The zero-order valence-electron chi connectivity index (χ0n) is 11.1. The van der Waals surface area contributed by atoms with Crippen molar-refractivity contribution in [2.24, 2.45) is 12.8 Å². The Morgan fingerprint density at radius 2 is 2.26 bits per heavy atom. The summed E-state index contributed by atoms with van der Waals surface area (Å²) in [5.41, 5.74) is 7.67. The number of aryl methyl sites for hydroxylation is 1. The van der Waals surface area contributed by atoms with E-state index in [2.05, 4.69) is 0 Å². The summed E-state index contributed by atoms with van der Waals surface area (Å²) in [6, 6.07) is 5.77. The maximum Gasteiger partial charge on any atom is 0.304 e. The average molecular weight is 262 g/mol. The Kier molecular flexibility index (Phi) is 3.76. The third-order valence-electron chi connectivity index (χ3n) is 3.37. The fourth-order valence-electron chi connectivity index (χ4n) is 2.46. The zero-order chi connectivity index (χ0) is 14.0. The van der Waals surface area contributed by atoms with Crippen molar-refractivity contribution in [3.8, 4) is 5.75 Å². The highest BCUT2D eigenvalue weighted by molar-refractivity contribution is 5.91. The van der Waals surface area contributed by atoms with Gasteiger partial charge >= 0.3 is 5.97 Å². The Bertz CT molecular complexity index is 604. The van der Waals surface area contributed by atoms with Crippen LogP contribution in [0.3, 0.4) is 0 Å². The van der Waals surface area contributed by atoms with Crippen LogP contribution in [0.25, 0.3) is 10.9 Å². The molecule has 0 bridgehead atoms. The van der Waals surface area contributed by atoms with Gasteiger partial charge in [0.25, 0.3) is 0 Å². The molecule has 3 N–H and O–H groups in total. The van der Waals surface area contributed by atoms with Gasteiger partial charge in [0.2, 0.25) is 0 Å². The molecule has 0 radical (unpaired) electrons. The summed E-state index contributed by atoms with van der Waals surface area (Å²) in [4.78, 5) is 10.9. The molecule has 1 aromatic heterocycles. The third kappa shape index (κ3) is 2.42. The molecule has 1 aromatic carbocycles. The summed E-state index contributed by atoms with van der Waals surface area (Å²) >= 11 is 0. The normalized spacial score (nSPS) is 12.6. The summed E-state index contributed by atoms with van der Waals surface area (Å²) < 4.78 is 7.35. The van der Waals surface area contributed by atoms with Gasteiger partial charge in [-0.15, -0.1) is 0 Å². The molecule has 2 rings (SSSR count). The van der Waals surface area contributed by atoms with Gasteiger partial charge in [0.05, 0.1) is 19.0 Å². The van der Waals surface area contributed by atoms with E-state index in [0.29, 0.717) is 6.54 Å². The minimum Gasteiger partial charge on any atom is -0.496 e. The summed E-state index contributed by atoms with van der Waals surface area (Å²) in [7, 11) is 3.54. The van der Waals surface area contributed by atoms with Gasteiger partial charge in [-0.25, -0.2) is 0 Å². The van der Waals surface area contributed by atoms with Gasteiger partial charge in [0.15, 0.2) is 0 Å². The summed E-state index contributed by atoms with van der Waals surface area (Å²) in [6.07, 6.45) is 1.96. The number of carboxylic acids is 1. The molecule has 0 aliphatic carbocycles. The van der Waals surface area contributed by atoms with Crippen molar-refractivity contribution in [2.45, 2.75) is 12.3 Å². The standard InChI is InChI=1S/C14H18N2O3/c1-16-8-10(9(7-15)6-13(17)18)14-11(16)4-3-5-12(14)19-2/h3-5,8-9H,6-7,15H2,1-2H3,(H,17,18). The van der Waals surface area contributed by atoms with Crippen LogP contribution in [0.5, 0.6) is 5.75 Å². The number of aromatic nitrogens is 1. The Morgan fingerprint density at radius 1 is 1.53 bits per heavy atom. The number of hydrogen-bond acceptors (Lipinski definition) is 3. The quantitative estimate of drug-likeness (QED) is 0.859. The van der Waals surface area contributed by atoms with Crippen molar-refractivity contribution in [1.29, 1.82) is 0 Å². The monoisotopic (exact) mass is 262 g/mol. The number of carboxylic acid groups (broad SMARTS) is 1. The van der Waals surface area contributed by atoms with Crippen LogP contribution in [0.2, 0.25) is 0 Å². The number of fused-ring (bicyclic) bond motifs is 1. The average Bonchev–Trinajstić information content (AvgIpc) is 2.73. The fourth-order valence-corrected chi connectivity index (χ4v) is 2.46. The maximum atomic E-state index is 10.9. The van der Waals surface area contributed by atoms with Crippen molar-refractivity contribution in [1.82, 2.24) is 4.57 Å². The van der Waals surface area contributed by atoms with Gasteiger partial charge < -0.3 is 20.1 Å². The first kappa shape index (κ1) is 13.4. The second-order valence-electron chi connectivity index (χ2n) is 4.58. The van der Waals surface area contributed by atoms with E-state index in [4.69, 9.17) is 15.6 Å². The maximum absolute atomic E-state index is 10.9. The number of hydrogen-bond donors (Lipinski definition) is 2. The molecule has 1 heterocycles. The number of carbonyl (C=O) groups is 1. The Balaban J connectivity index is 2.62. The summed E-state index contributed by atoms with van der Waals surface area (Å²) in [5.74, 6) is -0.309. The molecule has 0 spiro atoms. The van der Waals surface area contributed by atoms with Crippen LogP contribution in [0.1, 0.15) is 17.9 Å². The van der Waals surface area contributed by atoms with E-state index in [9.17, 15) is 4.79 Å². The van der Waals surface area contributed by atoms with Crippen molar-refractivity contribution in [3.05, 3.63) is 30.0 Å². The first-order valence-electron chi connectivity index (χ1n) is 6.12. The smallest absolute Gasteiger partial charge is 0.304 e. The number of ether oxygens (including phenoxy) is 1. The van der Waals surface area contributed by atoms with E-state index >= 15 is 0 Å². The molecule has 0 amide bonds. The van der Waals surface area contributed by atoms with E-state index in [0.717, 1.165) is 22.2 Å². The Morgan fingerprint density at radius 3 is 2.84 bits per heavy atom. The number of nitrogens with zero attached hydrogens (tertiary/aromatic N) is 1. The minimum atomic E-state index is -0.845. The highest BCUT2D eigenvalue weighted by atomic mass is 16.5. The lowest BCUT2D eigenvalue weighted by molar-refractivity contribution is -0.137. The van der Waals surface area contributed by atoms with Crippen molar-refractivity contribution in [2.75, 3.05) is 13.7 Å². The molecule has 0 saturated carbocycles.